The molecule has 0 aromatic rings. The minimum absolute atomic E-state index is 0.179. The van der Waals surface area contributed by atoms with E-state index in [0.29, 0.717) is 0 Å². The van der Waals surface area contributed by atoms with Gasteiger partial charge in [-0.15, -0.1) is 0 Å². The summed E-state index contributed by atoms with van der Waals surface area (Å²) in [4.78, 5) is 0. The Kier molecular flexibility index (Phi) is 21.3. The molecular weight excluding hydrogens is 378 g/mol. The maximum Gasteiger partial charge on any atom is 0.517 e. The lowest BCUT2D eigenvalue weighted by Crippen LogP contribution is -2.60. The quantitative estimate of drug-likeness (QED) is 0.139. The van der Waals surface area contributed by atoms with Gasteiger partial charge in [0.1, 0.15) is 0 Å². The van der Waals surface area contributed by atoms with E-state index in [4.69, 9.17) is 13.3 Å². The maximum atomic E-state index is 5.60. The van der Waals surface area contributed by atoms with Gasteiger partial charge in [-0.05, 0) is 19.4 Å². The molecule has 0 saturated carbocycles. The Hall–Kier alpha value is 0.0569. The first kappa shape index (κ1) is 29.1. The second kappa shape index (κ2) is 21.3. The number of unbranched alkanes of at least 4 members (excludes halogenated alkanes) is 15. The molecule has 0 aliphatic carbocycles. The SMILES string of the molecule is CCCCCCCCCCCCCCCCCCNC(CC)[Si](OC)(OC)OC. The number of nitrogens with one attached hydrogen (secondary N) is 1. The predicted octanol–water partition coefficient (Wildman–Crippen LogP) is 7.03. The van der Waals surface area contributed by atoms with E-state index in [1.807, 2.05) is 0 Å². The highest BCUT2D eigenvalue weighted by molar-refractivity contribution is 6.62. The Labute approximate surface area is 184 Å². The van der Waals surface area contributed by atoms with Gasteiger partial charge in [-0.2, -0.15) is 0 Å². The topological polar surface area (TPSA) is 39.7 Å². The molecular formula is C24H53NO3Si. The van der Waals surface area contributed by atoms with Crippen LogP contribution in [0.5, 0.6) is 0 Å². The van der Waals surface area contributed by atoms with Crippen molar-refractivity contribution in [2.45, 2.75) is 129 Å². The molecule has 0 saturated heterocycles. The summed E-state index contributed by atoms with van der Waals surface area (Å²) < 4.78 is 16.8. The molecule has 0 radical (unpaired) electrons. The van der Waals surface area contributed by atoms with Crippen LogP contribution in [0.2, 0.25) is 0 Å². The fourth-order valence-corrected chi connectivity index (χ4v) is 6.39. The standard InChI is InChI=1S/C24H53NO3Si/c1-6-8-9-10-11-12-13-14-15-16-17-18-19-20-21-22-23-25-24(7-2)29(26-3,27-4)28-5/h24-25H,6-23H2,1-5H3. The van der Waals surface area contributed by atoms with Gasteiger partial charge in [-0.3, -0.25) is 0 Å². The maximum absolute atomic E-state index is 5.60. The first-order valence-corrected chi connectivity index (χ1v) is 14.4. The Morgan fingerprint density at radius 1 is 0.552 bits per heavy atom. The van der Waals surface area contributed by atoms with Gasteiger partial charge in [0.25, 0.3) is 0 Å². The van der Waals surface area contributed by atoms with Gasteiger partial charge in [0.15, 0.2) is 0 Å². The van der Waals surface area contributed by atoms with E-state index in [0.717, 1.165) is 13.0 Å². The smallest absolute Gasteiger partial charge is 0.376 e. The Morgan fingerprint density at radius 2 is 0.897 bits per heavy atom. The van der Waals surface area contributed by atoms with Crippen molar-refractivity contribution in [2.75, 3.05) is 27.9 Å². The lowest BCUT2D eigenvalue weighted by Gasteiger charge is -2.32. The lowest BCUT2D eigenvalue weighted by atomic mass is 10.0. The Balaban J connectivity index is 3.43. The van der Waals surface area contributed by atoms with E-state index in [-0.39, 0.29) is 5.67 Å². The fourth-order valence-electron chi connectivity index (χ4n) is 4.15. The van der Waals surface area contributed by atoms with Crippen LogP contribution in [0.4, 0.5) is 0 Å². The van der Waals surface area contributed by atoms with E-state index in [1.54, 1.807) is 21.3 Å². The molecule has 0 aliphatic rings. The molecule has 0 aromatic heterocycles. The molecule has 29 heavy (non-hydrogen) atoms. The summed E-state index contributed by atoms with van der Waals surface area (Å²) in [5.41, 5.74) is 0.179. The minimum Gasteiger partial charge on any atom is -0.376 e. The third-order valence-corrected chi connectivity index (χ3v) is 9.28. The van der Waals surface area contributed by atoms with Gasteiger partial charge in [0.2, 0.25) is 0 Å². The number of hydrogen-bond acceptors (Lipinski definition) is 4. The number of rotatable bonds is 23. The van der Waals surface area contributed by atoms with E-state index >= 15 is 0 Å². The van der Waals surface area contributed by atoms with Gasteiger partial charge < -0.3 is 18.6 Å². The summed E-state index contributed by atoms with van der Waals surface area (Å²) >= 11 is 0. The van der Waals surface area contributed by atoms with E-state index in [2.05, 4.69) is 19.2 Å². The zero-order valence-corrected chi connectivity index (χ0v) is 21.5. The molecule has 1 atom stereocenters. The third kappa shape index (κ3) is 14.7. The van der Waals surface area contributed by atoms with Crippen molar-refractivity contribution >= 4 is 8.80 Å². The van der Waals surface area contributed by atoms with Crippen LogP contribution >= 0.6 is 0 Å². The van der Waals surface area contributed by atoms with Crippen LogP contribution in [-0.2, 0) is 13.3 Å². The molecule has 0 spiro atoms. The van der Waals surface area contributed by atoms with Crippen LogP contribution in [0.25, 0.3) is 0 Å². The molecule has 1 unspecified atom stereocenters. The second-order valence-electron chi connectivity index (χ2n) is 8.43. The summed E-state index contributed by atoms with van der Waals surface area (Å²) in [6.07, 6.45) is 23.5. The van der Waals surface area contributed by atoms with Crippen molar-refractivity contribution < 1.29 is 13.3 Å². The summed E-state index contributed by atoms with van der Waals surface area (Å²) in [6.45, 7) is 5.46. The van der Waals surface area contributed by atoms with Crippen molar-refractivity contribution in [1.82, 2.24) is 5.32 Å². The first-order chi connectivity index (χ1) is 14.2. The molecule has 4 nitrogen and oxygen atoms in total. The molecule has 176 valence electrons. The molecule has 5 heteroatoms. The Morgan fingerprint density at radius 3 is 1.21 bits per heavy atom. The lowest BCUT2D eigenvalue weighted by molar-refractivity contribution is 0.106. The van der Waals surface area contributed by atoms with Crippen LogP contribution in [-0.4, -0.2) is 42.3 Å². The van der Waals surface area contributed by atoms with Gasteiger partial charge in [0.05, 0.1) is 5.67 Å². The summed E-state index contributed by atoms with van der Waals surface area (Å²) in [5.74, 6) is 0. The average molecular weight is 432 g/mol. The molecule has 0 heterocycles. The van der Waals surface area contributed by atoms with Crippen molar-refractivity contribution in [3.05, 3.63) is 0 Å². The Bertz CT molecular complexity index is 319. The van der Waals surface area contributed by atoms with Gasteiger partial charge in [-0.25, -0.2) is 0 Å². The first-order valence-electron chi connectivity index (χ1n) is 12.6. The minimum atomic E-state index is -2.57. The monoisotopic (exact) mass is 431 g/mol. The van der Waals surface area contributed by atoms with Crippen LogP contribution < -0.4 is 5.32 Å². The van der Waals surface area contributed by atoms with Gasteiger partial charge >= 0.3 is 8.80 Å². The molecule has 0 bridgehead atoms. The normalized spacial score (nSPS) is 13.1. The molecule has 0 aromatic carbocycles. The highest BCUT2D eigenvalue weighted by Gasteiger charge is 2.46. The summed E-state index contributed by atoms with van der Waals surface area (Å²) in [6, 6.07) is 0. The molecule has 0 rings (SSSR count). The highest BCUT2D eigenvalue weighted by Crippen LogP contribution is 2.16. The third-order valence-electron chi connectivity index (χ3n) is 6.11. The molecule has 0 aliphatic heterocycles. The zero-order valence-electron chi connectivity index (χ0n) is 20.5. The van der Waals surface area contributed by atoms with E-state index in [9.17, 15) is 0 Å². The van der Waals surface area contributed by atoms with E-state index < -0.39 is 8.80 Å². The summed E-state index contributed by atoms with van der Waals surface area (Å²) in [5, 5.41) is 3.60. The second-order valence-corrected chi connectivity index (χ2v) is 11.6. The van der Waals surface area contributed by atoms with Gasteiger partial charge in [-0.1, -0.05) is 110 Å². The molecule has 0 fully saturated rings. The predicted molar refractivity (Wildman–Crippen MR) is 128 cm³/mol. The van der Waals surface area contributed by atoms with Crippen molar-refractivity contribution in [3.8, 4) is 0 Å². The van der Waals surface area contributed by atoms with Crippen LogP contribution in [0.1, 0.15) is 123 Å². The van der Waals surface area contributed by atoms with Crippen molar-refractivity contribution in [2.24, 2.45) is 0 Å². The largest absolute Gasteiger partial charge is 0.517 e. The van der Waals surface area contributed by atoms with Gasteiger partial charge in [0, 0.05) is 21.3 Å². The van der Waals surface area contributed by atoms with Crippen LogP contribution in [0, 0.1) is 0 Å². The van der Waals surface area contributed by atoms with Crippen LogP contribution in [0.15, 0.2) is 0 Å². The van der Waals surface area contributed by atoms with Crippen LogP contribution in [0.3, 0.4) is 0 Å². The fraction of sp³-hybridized carbons (Fsp3) is 1.00. The van der Waals surface area contributed by atoms with Crippen molar-refractivity contribution in [3.63, 3.8) is 0 Å². The van der Waals surface area contributed by atoms with Crippen molar-refractivity contribution in [1.29, 1.82) is 0 Å². The number of hydrogen-bond donors (Lipinski definition) is 1. The molecule has 0 amide bonds. The van der Waals surface area contributed by atoms with E-state index in [1.165, 1.54) is 103 Å². The summed E-state index contributed by atoms with van der Waals surface area (Å²) in [7, 11) is 2.51. The average Bonchev–Trinajstić information content (AvgIpc) is 2.75. The molecule has 1 N–H and O–H groups in total. The zero-order chi connectivity index (χ0) is 21.6. The highest BCUT2D eigenvalue weighted by atomic mass is 28.4.